The maximum atomic E-state index is 13.0. The fourth-order valence-corrected chi connectivity index (χ4v) is 2.21. The first-order valence-corrected chi connectivity index (χ1v) is 5.90. The molecule has 0 saturated carbocycles. The van der Waals surface area contributed by atoms with Gasteiger partial charge in [-0.1, -0.05) is 0 Å². The Morgan fingerprint density at radius 1 is 1.41 bits per heavy atom. The van der Waals surface area contributed by atoms with Crippen LogP contribution in [0.4, 0.5) is 4.39 Å². The number of benzene rings is 1. The molecule has 0 bridgehead atoms. The molecule has 1 rings (SSSR count). The molecule has 0 heterocycles. The smallest absolute Gasteiger partial charge is 0.207 e. The average Bonchev–Trinajstić information content (AvgIpc) is 2.29. The second-order valence-electron chi connectivity index (χ2n) is 3.17. The zero-order valence-corrected chi connectivity index (χ0v) is 9.70. The molecule has 17 heavy (non-hydrogen) atoms. The van der Waals surface area contributed by atoms with E-state index < -0.39 is 15.8 Å². The van der Waals surface area contributed by atoms with Crippen LogP contribution in [0.2, 0.25) is 0 Å². The molecule has 0 atom stereocenters. The third-order valence-electron chi connectivity index (χ3n) is 2.06. The zero-order valence-electron chi connectivity index (χ0n) is 8.88. The van der Waals surface area contributed by atoms with Crippen molar-refractivity contribution in [3.05, 3.63) is 29.6 Å². The largest absolute Gasteiger partial charge is 0.243 e. The topological polar surface area (TPSA) is 85.0 Å². The van der Waals surface area contributed by atoms with Crippen LogP contribution in [-0.4, -0.2) is 26.3 Å². The summed E-state index contributed by atoms with van der Waals surface area (Å²) in [6.07, 6.45) is 0. The van der Waals surface area contributed by atoms with E-state index in [-0.39, 0.29) is 17.0 Å². The van der Waals surface area contributed by atoms with E-state index in [0.717, 1.165) is 22.5 Å². The SMILES string of the molecule is CN(CC#N)S(=O)(=O)c1ccc(F)c(C#N)c1. The fourth-order valence-electron chi connectivity index (χ4n) is 1.12. The van der Waals surface area contributed by atoms with Crippen LogP contribution in [0, 0.1) is 28.5 Å². The van der Waals surface area contributed by atoms with Crippen molar-refractivity contribution in [2.75, 3.05) is 13.6 Å². The molecule has 0 N–H and O–H groups in total. The molecule has 0 saturated heterocycles. The van der Waals surface area contributed by atoms with Gasteiger partial charge in [0.25, 0.3) is 0 Å². The number of halogens is 1. The van der Waals surface area contributed by atoms with Gasteiger partial charge in [0.05, 0.1) is 16.5 Å². The lowest BCUT2D eigenvalue weighted by Gasteiger charge is -2.13. The van der Waals surface area contributed by atoms with Crippen molar-refractivity contribution >= 4 is 10.0 Å². The normalized spacial score (nSPS) is 10.9. The lowest BCUT2D eigenvalue weighted by molar-refractivity contribution is 0.501. The summed E-state index contributed by atoms with van der Waals surface area (Å²) in [5, 5.41) is 17.0. The molecule has 0 radical (unpaired) electrons. The number of rotatable bonds is 3. The van der Waals surface area contributed by atoms with Crippen LogP contribution in [0.5, 0.6) is 0 Å². The number of hydrogen-bond donors (Lipinski definition) is 0. The Balaban J connectivity index is 3.27. The minimum atomic E-state index is -3.86. The fraction of sp³-hybridized carbons (Fsp3) is 0.200. The first-order valence-electron chi connectivity index (χ1n) is 4.46. The zero-order chi connectivity index (χ0) is 13.1. The molecular weight excluding hydrogens is 245 g/mol. The highest BCUT2D eigenvalue weighted by Gasteiger charge is 2.21. The van der Waals surface area contributed by atoms with Gasteiger partial charge in [0.1, 0.15) is 18.4 Å². The van der Waals surface area contributed by atoms with Crippen LogP contribution in [0.15, 0.2) is 23.1 Å². The average molecular weight is 253 g/mol. The van der Waals surface area contributed by atoms with Gasteiger partial charge in [-0.3, -0.25) is 0 Å². The summed E-state index contributed by atoms with van der Waals surface area (Å²) < 4.78 is 37.5. The molecule has 0 aliphatic heterocycles. The van der Waals surface area contributed by atoms with Gasteiger partial charge in [-0.25, -0.2) is 12.8 Å². The molecule has 7 heteroatoms. The highest BCUT2D eigenvalue weighted by atomic mass is 32.2. The first-order chi connectivity index (χ1) is 7.93. The van der Waals surface area contributed by atoms with Gasteiger partial charge in [0.15, 0.2) is 0 Å². The van der Waals surface area contributed by atoms with E-state index in [4.69, 9.17) is 10.5 Å². The van der Waals surface area contributed by atoms with E-state index in [1.165, 1.54) is 7.05 Å². The molecule has 0 aliphatic carbocycles. The highest BCUT2D eigenvalue weighted by molar-refractivity contribution is 7.89. The van der Waals surface area contributed by atoms with Gasteiger partial charge in [-0.2, -0.15) is 14.8 Å². The lowest BCUT2D eigenvalue weighted by atomic mass is 10.2. The maximum Gasteiger partial charge on any atom is 0.243 e. The number of nitriles is 2. The molecule has 1 aromatic carbocycles. The molecule has 5 nitrogen and oxygen atoms in total. The van der Waals surface area contributed by atoms with Crippen molar-refractivity contribution in [1.82, 2.24) is 4.31 Å². The number of sulfonamides is 1. The quantitative estimate of drug-likeness (QED) is 0.747. The molecule has 0 aromatic heterocycles. The summed E-state index contributed by atoms with van der Waals surface area (Å²) in [5.41, 5.74) is -0.351. The van der Waals surface area contributed by atoms with Gasteiger partial charge in [0, 0.05) is 7.05 Å². The minimum Gasteiger partial charge on any atom is -0.207 e. The first kappa shape index (κ1) is 13.1. The highest BCUT2D eigenvalue weighted by Crippen LogP contribution is 2.17. The Labute approximate surface area is 98.4 Å². The Hall–Kier alpha value is -1.96. The van der Waals surface area contributed by atoms with Gasteiger partial charge in [-0.15, -0.1) is 0 Å². The summed E-state index contributed by atoms with van der Waals surface area (Å²) in [4.78, 5) is -0.215. The molecule has 0 spiro atoms. The van der Waals surface area contributed by atoms with Crippen LogP contribution in [-0.2, 0) is 10.0 Å². The van der Waals surface area contributed by atoms with Crippen LogP contribution in [0.25, 0.3) is 0 Å². The summed E-state index contributed by atoms with van der Waals surface area (Å²) in [5.74, 6) is -0.783. The predicted molar refractivity (Wildman–Crippen MR) is 56.5 cm³/mol. The summed E-state index contributed by atoms with van der Waals surface area (Å²) in [7, 11) is -2.63. The molecule has 1 aromatic rings. The van der Waals surface area contributed by atoms with Crippen molar-refractivity contribution in [3.8, 4) is 12.1 Å². The summed E-state index contributed by atoms with van der Waals surface area (Å²) >= 11 is 0. The van der Waals surface area contributed by atoms with Crippen molar-refractivity contribution in [1.29, 1.82) is 10.5 Å². The van der Waals surface area contributed by atoms with Gasteiger partial charge < -0.3 is 0 Å². The maximum absolute atomic E-state index is 13.0. The van der Waals surface area contributed by atoms with E-state index in [1.54, 1.807) is 12.1 Å². The monoisotopic (exact) mass is 253 g/mol. The lowest BCUT2D eigenvalue weighted by Crippen LogP contribution is -2.27. The third-order valence-corrected chi connectivity index (χ3v) is 3.86. The molecule has 0 fully saturated rings. The second-order valence-corrected chi connectivity index (χ2v) is 5.22. The van der Waals surface area contributed by atoms with Gasteiger partial charge in [-0.05, 0) is 18.2 Å². The van der Waals surface area contributed by atoms with Crippen LogP contribution in [0.1, 0.15) is 5.56 Å². The van der Waals surface area contributed by atoms with Crippen molar-refractivity contribution < 1.29 is 12.8 Å². The standard InChI is InChI=1S/C10H8FN3O2S/c1-14(5-4-12)17(15,16)9-2-3-10(11)8(6-9)7-13/h2-3,6H,5H2,1H3. The van der Waals surface area contributed by atoms with Crippen molar-refractivity contribution in [2.24, 2.45) is 0 Å². The Morgan fingerprint density at radius 3 is 2.59 bits per heavy atom. The van der Waals surface area contributed by atoms with Crippen LogP contribution in [0.3, 0.4) is 0 Å². The molecule has 88 valence electrons. The Kier molecular flexibility index (Phi) is 3.79. The number of nitrogens with zero attached hydrogens (tertiary/aromatic N) is 3. The van der Waals surface area contributed by atoms with E-state index in [1.807, 2.05) is 0 Å². The van der Waals surface area contributed by atoms with E-state index >= 15 is 0 Å². The van der Waals surface area contributed by atoms with Crippen LogP contribution >= 0.6 is 0 Å². The van der Waals surface area contributed by atoms with Gasteiger partial charge in [0.2, 0.25) is 10.0 Å². The molecule has 0 amide bonds. The van der Waals surface area contributed by atoms with Gasteiger partial charge >= 0.3 is 0 Å². The van der Waals surface area contributed by atoms with E-state index in [2.05, 4.69) is 0 Å². The minimum absolute atomic E-state index is 0.215. The Morgan fingerprint density at radius 2 is 2.06 bits per heavy atom. The Bertz CT molecular complexity index is 613. The second kappa shape index (κ2) is 4.91. The predicted octanol–water partition coefficient (Wildman–Crippen LogP) is 0.841. The molecule has 0 unspecified atom stereocenters. The van der Waals surface area contributed by atoms with Crippen LogP contribution < -0.4 is 0 Å². The van der Waals surface area contributed by atoms with Crippen molar-refractivity contribution in [2.45, 2.75) is 4.90 Å². The number of hydrogen-bond acceptors (Lipinski definition) is 4. The molecular formula is C10H8FN3O2S. The van der Waals surface area contributed by atoms with Crippen molar-refractivity contribution in [3.63, 3.8) is 0 Å². The van der Waals surface area contributed by atoms with E-state index in [9.17, 15) is 12.8 Å². The van der Waals surface area contributed by atoms with E-state index in [0.29, 0.717) is 0 Å². The third kappa shape index (κ3) is 2.59. The summed E-state index contributed by atoms with van der Waals surface area (Å²) in [6, 6.07) is 6.15. The summed E-state index contributed by atoms with van der Waals surface area (Å²) in [6.45, 7) is -0.318. The molecule has 0 aliphatic rings.